The number of hydrogen-bond acceptors (Lipinski definition) is 3. The van der Waals surface area contributed by atoms with Crippen LogP contribution in [-0.2, 0) is 14.3 Å². The van der Waals surface area contributed by atoms with Crippen LogP contribution >= 0.6 is 0 Å². The molecule has 0 aromatic rings. The van der Waals surface area contributed by atoms with E-state index in [1.54, 1.807) is 6.92 Å². The van der Waals surface area contributed by atoms with Crippen molar-refractivity contribution < 1.29 is 14.3 Å². The summed E-state index contributed by atoms with van der Waals surface area (Å²) in [5.74, 6) is -0.550. The summed E-state index contributed by atoms with van der Waals surface area (Å²) in [4.78, 5) is 22.0. The van der Waals surface area contributed by atoms with Gasteiger partial charge in [0.1, 0.15) is 6.04 Å². The molecule has 76 valence electrons. The van der Waals surface area contributed by atoms with Crippen molar-refractivity contribution in [1.82, 2.24) is 5.32 Å². The number of carbonyl (C=O) groups is 2. The van der Waals surface area contributed by atoms with E-state index in [4.69, 9.17) is 4.74 Å². The molecule has 4 heteroatoms. The van der Waals surface area contributed by atoms with Crippen LogP contribution in [0, 0.1) is 0 Å². The molecule has 0 aliphatic rings. The van der Waals surface area contributed by atoms with Crippen molar-refractivity contribution in [2.45, 2.75) is 39.7 Å². The molecule has 0 aromatic heterocycles. The van der Waals surface area contributed by atoms with Crippen LogP contribution in [0.4, 0.5) is 0 Å². The molecule has 0 saturated heterocycles. The predicted octanol–water partition coefficient (Wildman–Crippen LogP) is 0.854. The van der Waals surface area contributed by atoms with Crippen molar-refractivity contribution in [3.05, 3.63) is 0 Å². The molecule has 1 atom stereocenters. The maximum Gasteiger partial charge on any atom is 0.328 e. The Morgan fingerprint density at radius 1 is 1.38 bits per heavy atom. The number of hydrogen-bond donors (Lipinski definition) is 1. The highest BCUT2D eigenvalue weighted by Crippen LogP contribution is 1.99. The second-order valence-electron chi connectivity index (χ2n) is 2.79. The van der Waals surface area contributed by atoms with Crippen LogP contribution in [0.2, 0.25) is 0 Å². The van der Waals surface area contributed by atoms with E-state index >= 15 is 0 Å². The van der Waals surface area contributed by atoms with Gasteiger partial charge in [0, 0.05) is 6.92 Å². The van der Waals surface area contributed by atoms with Gasteiger partial charge in [-0.2, -0.15) is 0 Å². The molecule has 0 aliphatic heterocycles. The van der Waals surface area contributed by atoms with Gasteiger partial charge < -0.3 is 10.1 Å². The molecule has 0 heterocycles. The Labute approximate surface area is 78.6 Å². The minimum Gasteiger partial charge on any atom is -0.464 e. The van der Waals surface area contributed by atoms with Gasteiger partial charge in [0.05, 0.1) is 6.61 Å². The van der Waals surface area contributed by atoms with Gasteiger partial charge in [-0.15, -0.1) is 0 Å². The minimum atomic E-state index is -0.484. The molecule has 1 N–H and O–H groups in total. The van der Waals surface area contributed by atoms with Crippen molar-refractivity contribution in [2.24, 2.45) is 0 Å². The first-order valence-corrected chi connectivity index (χ1v) is 4.55. The average molecular weight is 187 g/mol. The normalized spacial score (nSPS) is 11.9. The first-order valence-electron chi connectivity index (χ1n) is 4.55. The van der Waals surface area contributed by atoms with Gasteiger partial charge in [-0.1, -0.05) is 13.3 Å². The zero-order valence-corrected chi connectivity index (χ0v) is 8.42. The van der Waals surface area contributed by atoms with Gasteiger partial charge in [0.15, 0.2) is 0 Å². The summed E-state index contributed by atoms with van der Waals surface area (Å²) in [7, 11) is 0. The second kappa shape index (κ2) is 6.46. The number of amides is 1. The van der Waals surface area contributed by atoms with Crippen molar-refractivity contribution >= 4 is 11.9 Å². The van der Waals surface area contributed by atoms with Crippen molar-refractivity contribution in [1.29, 1.82) is 0 Å². The lowest BCUT2D eigenvalue weighted by Gasteiger charge is -2.14. The van der Waals surface area contributed by atoms with E-state index in [0.29, 0.717) is 13.0 Å². The molecule has 13 heavy (non-hydrogen) atoms. The molecular weight excluding hydrogens is 170 g/mol. The summed E-state index contributed by atoms with van der Waals surface area (Å²) >= 11 is 0. The van der Waals surface area contributed by atoms with Crippen LogP contribution in [0.3, 0.4) is 0 Å². The molecule has 0 bridgehead atoms. The van der Waals surface area contributed by atoms with Crippen LogP contribution < -0.4 is 5.32 Å². The lowest BCUT2D eigenvalue weighted by atomic mass is 10.1. The Bertz CT molecular complexity index is 180. The zero-order valence-electron chi connectivity index (χ0n) is 8.42. The number of ether oxygens (including phenoxy) is 1. The van der Waals surface area contributed by atoms with Crippen LogP contribution in [-0.4, -0.2) is 24.5 Å². The fourth-order valence-electron chi connectivity index (χ4n) is 1.03. The van der Waals surface area contributed by atoms with Gasteiger partial charge >= 0.3 is 5.97 Å². The zero-order chi connectivity index (χ0) is 10.3. The Hall–Kier alpha value is -1.06. The summed E-state index contributed by atoms with van der Waals surface area (Å²) in [5.41, 5.74) is 0. The quantitative estimate of drug-likeness (QED) is 0.649. The highest BCUT2D eigenvalue weighted by atomic mass is 16.5. The van der Waals surface area contributed by atoms with E-state index in [-0.39, 0.29) is 11.9 Å². The fourth-order valence-corrected chi connectivity index (χ4v) is 1.03. The third-order valence-corrected chi connectivity index (χ3v) is 1.53. The monoisotopic (exact) mass is 187 g/mol. The topological polar surface area (TPSA) is 55.4 Å². The van der Waals surface area contributed by atoms with Crippen LogP contribution in [0.5, 0.6) is 0 Å². The van der Waals surface area contributed by atoms with Gasteiger partial charge in [-0.05, 0) is 13.3 Å². The van der Waals surface area contributed by atoms with Crippen molar-refractivity contribution in [2.75, 3.05) is 6.61 Å². The molecule has 0 rings (SSSR count). The SMILES string of the molecule is CCCC(NC(C)=O)C(=O)OCC. The molecule has 0 fully saturated rings. The highest BCUT2D eigenvalue weighted by molar-refractivity contribution is 5.83. The van der Waals surface area contributed by atoms with Gasteiger partial charge in [-0.25, -0.2) is 4.79 Å². The summed E-state index contributed by atoms with van der Waals surface area (Å²) in [6.07, 6.45) is 1.46. The lowest BCUT2D eigenvalue weighted by Crippen LogP contribution is -2.40. The Kier molecular flexibility index (Phi) is 5.93. The third kappa shape index (κ3) is 5.22. The summed E-state index contributed by atoms with van der Waals surface area (Å²) < 4.78 is 4.80. The van der Waals surface area contributed by atoms with Gasteiger partial charge in [-0.3, -0.25) is 4.79 Å². The molecule has 0 aliphatic carbocycles. The fraction of sp³-hybridized carbons (Fsp3) is 0.778. The molecular formula is C9H17NO3. The smallest absolute Gasteiger partial charge is 0.328 e. The molecule has 0 spiro atoms. The summed E-state index contributed by atoms with van der Waals surface area (Å²) in [5, 5.41) is 2.55. The molecule has 0 saturated carbocycles. The maximum atomic E-state index is 11.2. The van der Waals surface area contributed by atoms with Crippen molar-refractivity contribution in [3.63, 3.8) is 0 Å². The van der Waals surface area contributed by atoms with Crippen LogP contribution in [0.25, 0.3) is 0 Å². The maximum absolute atomic E-state index is 11.2. The minimum absolute atomic E-state index is 0.202. The molecule has 1 amide bonds. The number of nitrogens with one attached hydrogen (secondary N) is 1. The highest BCUT2D eigenvalue weighted by Gasteiger charge is 2.18. The molecule has 1 unspecified atom stereocenters. The summed E-state index contributed by atoms with van der Waals surface area (Å²) in [6, 6.07) is -0.484. The first kappa shape index (κ1) is 11.9. The van der Waals surface area contributed by atoms with E-state index < -0.39 is 6.04 Å². The third-order valence-electron chi connectivity index (χ3n) is 1.53. The lowest BCUT2D eigenvalue weighted by molar-refractivity contribution is -0.147. The van der Waals surface area contributed by atoms with E-state index in [0.717, 1.165) is 6.42 Å². The average Bonchev–Trinajstić information content (AvgIpc) is 2.03. The standard InChI is InChI=1S/C9H17NO3/c1-4-6-8(10-7(3)11)9(12)13-5-2/h8H,4-6H2,1-3H3,(H,10,11). The van der Waals surface area contributed by atoms with Gasteiger partial charge in [0.25, 0.3) is 0 Å². The predicted molar refractivity (Wildman–Crippen MR) is 49.1 cm³/mol. The molecule has 0 radical (unpaired) electrons. The Morgan fingerprint density at radius 2 is 2.00 bits per heavy atom. The molecule has 0 aromatic carbocycles. The summed E-state index contributed by atoms with van der Waals surface area (Å²) in [6.45, 7) is 5.43. The Morgan fingerprint density at radius 3 is 2.38 bits per heavy atom. The number of esters is 1. The largest absolute Gasteiger partial charge is 0.464 e. The van der Waals surface area contributed by atoms with Crippen LogP contribution in [0.15, 0.2) is 0 Å². The van der Waals surface area contributed by atoms with Crippen molar-refractivity contribution in [3.8, 4) is 0 Å². The van der Waals surface area contributed by atoms with E-state index in [9.17, 15) is 9.59 Å². The first-order chi connectivity index (χ1) is 6.11. The van der Waals surface area contributed by atoms with E-state index in [2.05, 4.69) is 5.32 Å². The second-order valence-corrected chi connectivity index (χ2v) is 2.79. The molecule has 4 nitrogen and oxygen atoms in total. The van der Waals surface area contributed by atoms with E-state index in [1.807, 2.05) is 6.92 Å². The van der Waals surface area contributed by atoms with Crippen LogP contribution in [0.1, 0.15) is 33.6 Å². The van der Waals surface area contributed by atoms with E-state index in [1.165, 1.54) is 6.92 Å². The Balaban J connectivity index is 4.06. The number of carbonyl (C=O) groups excluding carboxylic acids is 2. The van der Waals surface area contributed by atoms with Gasteiger partial charge in [0.2, 0.25) is 5.91 Å². The number of rotatable bonds is 5.